The Labute approximate surface area is 103 Å². The summed E-state index contributed by atoms with van der Waals surface area (Å²) in [5, 5.41) is 0. The van der Waals surface area contributed by atoms with Gasteiger partial charge in [-0.3, -0.25) is 0 Å². The number of rotatable bonds is 11. The number of unbranched alkanes of at least 4 members (excludes halogenated alkanes) is 8. The van der Waals surface area contributed by atoms with Crippen LogP contribution in [0.25, 0.3) is 0 Å². The lowest BCUT2D eigenvalue weighted by atomic mass is 10.1. The molecular formula is C16H30. The van der Waals surface area contributed by atoms with E-state index >= 15 is 0 Å². The van der Waals surface area contributed by atoms with Crippen molar-refractivity contribution in [2.75, 3.05) is 0 Å². The number of hydrogen-bond acceptors (Lipinski definition) is 0. The molecular weight excluding hydrogens is 192 g/mol. The molecule has 0 nitrogen and oxygen atoms in total. The molecule has 0 aliphatic heterocycles. The molecule has 0 spiro atoms. The van der Waals surface area contributed by atoms with Gasteiger partial charge in [0.1, 0.15) is 0 Å². The van der Waals surface area contributed by atoms with Gasteiger partial charge in [0.25, 0.3) is 0 Å². The molecule has 0 radical (unpaired) electrons. The number of hydrogen-bond donors (Lipinski definition) is 0. The molecule has 0 aromatic carbocycles. The van der Waals surface area contributed by atoms with E-state index in [4.69, 9.17) is 0 Å². The topological polar surface area (TPSA) is 0 Å². The van der Waals surface area contributed by atoms with E-state index in [2.05, 4.69) is 38.2 Å². The van der Waals surface area contributed by atoms with E-state index in [1.165, 1.54) is 64.2 Å². The Morgan fingerprint density at radius 3 is 1.69 bits per heavy atom. The van der Waals surface area contributed by atoms with Gasteiger partial charge in [-0.25, -0.2) is 0 Å². The predicted molar refractivity (Wildman–Crippen MR) is 75.8 cm³/mol. The van der Waals surface area contributed by atoms with Crippen LogP contribution in [0.15, 0.2) is 24.3 Å². The zero-order valence-corrected chi connectivity index (χ0v) is 11.4. The minimum atomic E-state index is 1.23. The molecule has 0 aliphatic carbocycles. The summed E-state index contributed by atoms with van der Waals surface area (Å²) in [7, 11) is 0. The normalized spacial score (nSPS) is 11.9. The molecule has 0 N–H and O–H groups in total. The van der Waals surface area contributed by atoms with Crippen molar-refractivity contribution >= 4 is 0 Å². The van der Waals surface area contributed by atoms with Crippen molar-refractivity contribution in [1.82, 2.24) is 0 Å². The third-order valence-corrected chi connectivity index (χ3v) is 2.83. The predicted octanol–water partition coefficient (Wildman–Crippen LogP) is 6.04. The standard InChI is InChI=1S/C16H30/c1-3-5-7-9-11-13-15-16-14-12-10-8-6-4-2/h9,11,13,15H,3-8,10,12,14,16H2,1-2H3/b11-9-,15-13+. The van der Waals surface area contributed by atoms with Crippen LogP contribution in [-0.2, 0) is 0 Å². The van der Waals surface area contributed by atoms with Crippen molar-refractivity contribution in [2.45, 2.75) is 78.1 Å². The molecule has 0 heterocycles. The van der Waals surface area contributed by atoms with Gasteiger partial charge in [-0.1, -0.05) is 83.1 Å². The van der Waals surface area contributed by atoms with Gasteiger partial charge in [-0.15, -0.1) is 0 Å². The van der Waals surface area contributed by atoms with Crippen LogP contribution in [0.2, 0.25) is 0 Å². The van der Waals surface area contributed by atoms with Crippen LogP contribution >= 0.6 is 0 Å². The average molecular weight is 222 g/mol. The summed E-state index contributed by atoms with van der Waals surface area (Å²) < 4.78 is 0. The molecule has 0 atom stereocenters. The first kappa shape index (κ1) is 15.5. The monoisotopic (exact) mass is 222 g/mol. The highest BCUT2D eigenvalue weighted by atomic mass is 13.9. The van der Waals surface area contributed by atoms with Crippen LogP contribution in [0, 0.1) is 0 Å². The van der Waals surface area contributed by atoms with E-state index in [0.29, 0.717) is 0 Å². The van der Waals surface area contributed by atoms with Crippen LogP contribution in [0.3, 0.4) is 0 Å². The van der Waals surface area contributed by atoms with Crippen LogP contribution < -0.4 is 0 Å². The number of allylic oxidation sites excluding steroid dienone is 4. The fraction of sp³-hybridized carbons (Fsp3) is 0.750. The van der Waals surface area contributed by atoms with Crippen molar-refractivity contribution in [1.29, 1.82) is 0 Å². The molecule has 16 heavy (non-hydrogen) atoms. The van der Waals surface area contributed by atoms with Gasteiger partial charge < -0.3 is 0 Å². The Morgan fingerprint density at radius 2 is 1.06 bits per heavy atom. The summed E-state index contributed by atoms with van der Waals surface area (Å²) in [4.78, 5) is 0. The van der Waals surface area contributed by atoms with Gasteiger partial charge in [-0.2, -0.15) is 0 Å². The van der Waals surface area contributed by atoms with Crippen molar-refractivity contribution in [3.05, 3.63) is 24.3 Å². The fourth-order valence-corrected chi connectivity index (χ4v) is 1.71. The lowest BCUT2D eigenvalue weighted by Crippen LogP contribution is -1.77. The summed E-state index contributed by atoms with van der Waals surface area (Å²) in [6.45, 7) is 4.51. The van der Waals surface area contributed by atoms with Gasteiger partial charge >= 0.3 is 0 Å². The zero-order valence-electron chi connectivity index (χ0n) is 11.4. The van der Waals surface area contributed by atoms with Gasteiger partial charge in [0.2, 0.25) is 0 Å². The first-order valence-corrected chi connectivity index (χ1v) is 7.23. The second-order valence-corrected chi connectivity index (χ2v) is 4.55. The highest BCUT2D eigenvalue weighted by Gasteiger charge is 1.87. The van der Waals surface area contributed by atoms with Crippen LogP contribution in [0.5, 0.6) is 0 Å². The molecule has 0 amide bonds. The molecule has 0 fully saturated rings. The molecule has 0 saturated heterocycles. The van der Waals surface area contributed by atoms with Gasteiger partial charge in [0.05, 0.1) is 0 Å². The second kappa shape index (κ2) is 14.5. The first-order valence-electron chi connectivity index (χ1n) is 7.23. The third-order valence-electron chi connectivity index (χ3n) is 2.83. The van der Waals surface area contributed by atoms with E-state index in [9.17, 15) is 0 Å². The van der Waals surface area contributed by atoms with Crippen molar-refractivity contribution in [2.24, 2.45) is 0 Å². The second-order valence-electron chi connectivity index (χ2n) is 4.55. The van der Waals surface area contributed by atoms with E-state index < -0.39 is 0 Å². The maximum absolute atomic E-state index is 2.31. The van der Waals surface area contributed by atoms with Crippen molar-refractivity contribution in [3.8, 4) is 0 Å². The van der Waals surface area contributed by atoms with E-state index in [1.807, 2.05) is 0 Å². The quantitative estimate of drug-likeness (QED) is 0.295. The summed E-state index contributed by atoms with van der Waals surface area (Å²) in [6.07, 6.45) is 22.5. The summed E-state index contributed by atoms with van der Waals surface area (Å²) in [5.41, 5.74) is 0. The maximum atomic E-state index is 2.31. The van der Waals surface area contributed by atoms with Gasteiger partial charge in [-0.05, 0) is 19.3 Å². The Kier molecular flexibility index (Phi) is 14.0. The Bertz CT molecular complexity index is 165. The minimum Gasteiger partial charge on any atom is -0.0845 e. The van der Waals surface area contributed by atoms with Crippen LogP contribution in [0.1, 0.15) is 78.1 Å². The van der Waals surface area contributed by atoms with Crippen LogP contribution in [-0.4, -0.2) is 0 Å². The SMILES string of the molecule is CCCC/C=C\C=C\CCCCCCCC. The lowest BCUT2D eigenvalue weighted by Gasteiger charge is -1.97. The van der Waals surface area contributed by atoms with E-state index in [0.717, 1.165) is 0 Å². The fourth-order valence-electron chi connectivity index (χ4n) is 1.71. The minimum absolute atomic E-state index is 1.23. The summed E-state index contributed by atoms with van der Waals surface area (Å²) in [6, 6.07) is 0. The molecule has 0 bridgehead atoms. The third kappa shape index (κ3) is 13.5. The van der Waals surface area contributed by atoms with E-state index in [1.54, 1.807) is 0 Å². The highest BCUT2D eigenvalue weighted by Crippen LogP contribution is 2.07. The molecule has 0 aliphatic rings. The van der Waals surface area contributed by atoms with Gasteiger partial charge in [0.15, 0.2) is 0 Å². The molecule has 0 aromatic rings. The summed E-state index contributed by atoms with van der Waals surface area (Å²) >= 11 is 0. The molecule has 0 unspecified atom stereocenters. The molecule has 0 rings (SSSR count). The molecule has 0 saturated carbocycles. The van der Waals surface area contributed by atoms with Crippen LogP contribution in [0.4, 0.5) is 0 Å². The average Bonchev–Trinajstić information content (AvgIpc) is 2.31. The van der Waals surface area contributed by atoms with Crippen molar-refractivity contribution < 1.29 is 0 Å². The Hall–Kier alpha value is -0.520. The zero-order chi connectivity index (χ0) is 11.9. The smallest absolute Gasteiger partial charge is 0.0348 e. The highest BCUT2D eigenvalue weighted by molar-refractivity contribution is 5.02. The Morgan fingerprint density at radius 1 is 0.562 bits per heavy atom. The lowest BCUT2D eigenvalue weighted by molar-refractivity contribution is 0.611. The molecule has 0 aromatic heterocycles. The van der Waals surface area contributed by atoms with Gasteiger partial charge in [0, 0.05) is 0 Å². The Balaban J connectivity index is 3.12. The van der Waals surface area contributed by atoms with Crippen molar-refractivity contribution in [3.63, 3.8) is 0 Å². The first-order chi connectivity index (χ1) is 7.91. The van der Waals surface area contributed by atoms with E-state index in [-0.39, 0.29) is 0 Å². The molecule has 94 valence electrons. The molecule has 0 heteroatoms. The largest absolute Gasteiger partial charge is 0.0845 e. The maximum Gasteiger partial charge on any atom is -0.0348 e. The summed E-state index contributed by atoms with van der Waals surface area (Å²) in [5.74, 6) is 0.